The van der Waals surface area contributed by atoms with Crippen molar-refractivity contribution in [1.29, 1.82) is 0 Å². The number of tetrazole rings is 1. The molecule has 3 rings (SSSR count). The van der Waals surface area contributed by atoms with E-state index in [0.29, 0.717) is 24.4 Å². The highest BCUT2D eigenvalue weighted by Gasteiger charge is 2.45. The van der Waals surface area contributed by atoms with E-state index in [0.717, 1.165) is 6.42 Å². The van der Waals surface area contributed by atoms with Crippen molar-refractivity contribution in [3.8, 4) is 5.69 Å². The Bertz CT molecular complexity index is 800. The molecule has 1 amide bonds. The van der Waals surface area contributed by atoms with Crippen LogP contribution in [0.4, 0.5) is 10.1 Å². The van der Waals surface area contributed by atoms with Gasteiger partial charge in [0.15, 0.2) is 5.82 Å². The lowest BCUT2D eigenvalue weighted by Gasteiger charge is -2.36. The summed E-state index contributed by atoms with van der Waals surface area (Å²) in [5, 5.41) is 22.7. The molecule has 1 aliphatic carbocycles. The topological polar surface area (TPSA) is 110 Å². The van der Waals surface area contributed by atoms with Crippen LogP contribution in [0.2, 0.25) is 0 Å². The molecule has 1 heterocycles. The zero-order chi connectivity index (χ0) is 17.3. The molecule has 126 valence electrons. The molecule has 9 heteroatoms. The van der Waals surface area contributed by atoms with Crippen LogP contribution in [-0.2, 0) is 9.59 Å². The van der Waals surface area contributed by atoms with Crippen molar-refractivity contribution in [1.82, 2.24) is 20.2 Å². The van der Waals surface area contributed by atoms with Gasteiger partial charge in [0.25, 0.3) is 0 Å². The predicted octanol–water partition coefficient (Wildman–Crippen LogP) is 1.69. The SMILES string of the molecule is Cc1nnnn1-c1cc(NC(=O)CC2(C(=O)O)CCC2)ccc1F. The van der Waals surface area contributed by atoms with Crippen molar-refractivity contribution in [2.75, 3.05) is 5.32 Å². The molecule has 2 aromatic rings. The number of amides is 1. The number of aryl methyl sites for hydroxylation is 1. The van der Waals surface area contributed by atoms with Crippen LogP contribution in [0.1, 0.15) is 31.5 Å². The number of anilines is 1. The predicted molar refractivity (Wildman–Crippen MR) is 81.0 cm³/mol. The lowest BCUT2D eigenvalue weighted by Crippen LogP contribution is -2.41. The van der Waals surface area contributed by atoms with Gasteiger partial charge in [-0.05, 0) is 48.4 Å². The molecule has 2 N–H and O–H groups in total. The second kappa shape index (κ2) is 5.99. The molecular weight excluding hydrogens is 317 g/mol. The smallest absolute Gasteiger partial charge is 0.310 e. The maximum absolute atomic E-state index is 14.0. The third kappa shape index (κ3) is 2.84. The normalized spacial score (nSPS) is 15.6. The number of aromatic nitrogens is 4. The van der Waals surface area contributed by atoms with Crippen LogP contribution in [0.15, 0.2) is 18.2 Å². The Labute approximate surface area is 136 Å². The summed E-state index contributed by atoms with van der Waals surface area (Å²) in [5.74, 6) is -1.50. The molecule has 24 heavy (non-hydrogen) atoms. The number of carboxylic acid groups (broad SMARTS) is 1. The van der Waals surface area contributed by atoms with Gasteiger partial charge >= 0.3 is 5.97 Å². The van der Waals surface area contributed by atoms with Gasteiger partial charge in [-0.1, -0.05) is 6.42 Å². The van der Waals surface area contributed by atoms with Crippen LogP contribution in [0, 0.1) is 18.2 Å². The Morgan fingerprint density at radius 1 is 1.42 bits per heavy atom. The lowest BCUT2D eigenvalue weighted by atomic mass is 9.66. The second-order valence-electron chi connectivity index (χ2n) is 5.97. The average molecular weight is 333 g/mol. The number of rotatable bonds is 5. The summed E-state index contributed by atoms with van der Waals surface area (Å²) in [4.78, 5) is 23.5. The van der Waals surface area contributed by atoms with Crippen molar-refractivity contribution >= 4 is 17.6 Å². The summed E-state index contributed by atoms with van der Waals surface area (Å²) in [7, 11) is 0. The summed E-state index contributed by atoms with van der Waals surface area (Å²) < 4.78 is 15.2. The van der Waals surface area contributed by atoms with Gasteiger partial charge in [0.2, 0.25) is 5.91 Å². The molecule has 0 bridgehead atoms. The summed E-state index contributed by atoms with van der Waals surface area (Å²) in [6, 6.07) is 4.01. The highest BCUT2D eigenvalue weighted by Crippen LogP contribution is 2.44. The van der Waals surface area contributed by atoms with Gasteiger partial charge in [-0.25, -0.2) is 4.39 Å². The molecule has 1 aliphatic rings. The molecule has 1 aromatic heterocycles. The molecule has 0 saturated heterocycles. The Morgan fingerprint density at radius 3 is 2.71 bits per heavy atom. The minimum absolute atomic E-state index is 0.0983. The summed E-state index contributed by atoms with van der Waals surface area (Å²) in [6.45, 7) is 1.62. The number of hydrogen-bond donors (Lipinski definition) is 2. The van der Waals surface area contributed by atoms with Crippen LogP contribution in [0.25, 0.3) is 5.69 Å². The minimum Gasteiger partial charge on any atom is -0.481 e. The van der Waals surface area contributed by atoms with Gasteiger partial charge < -0.3 is 10.4 Å². The summed E-state index contributed by atoms with van der Waals surface area (Å²) >= 11 is 0. The first-order chi connectivity index (χ1) is 11.4. The molecule has 0 atom stereocenters. The van der Waals surface area contributed by atoms with Gasteiger partial charge in [-0.2, -0.15) is 4.68 Å². The van der Waals surface area contributed by atoms with Crippen LogP contribution < -0.4 is 5.32 Å². The monoisotopic (exact) mass is 333 g/mol. The van der Waals surface area contributed by atoms with Gasteiger partial charge in [0.1, 0.15) is 11.5 Å². The lowest BCUT2D eigenvalue weighted by molar-refractivity contribution is -0.157. The Morgan fingerprint density at radius 2 is 2.17 bits per heavy atom. The minimum atomic E-state index is -0.973. The zero-order valence-electron chi connectivity index (χ0n) is 13.0. The molecule has 8 nitrogen and oxygen atoms in total. The van der Waals surface area contributed by atoms with E-state index in [1.807, 2.05) is 0 Å². The number of carbonyl (C=O) groups is 2. The molecular formula is C15H16FN5O3. The fourth-order valence-corrected chi connectivity index (χ4v) is 2.79. The Balaban J connectivity index is 1.77. The highest BCUT2D eigenvalue weighted by molar-refractivity contribution is 5.94. The molecule has 0 radical (unpaired) electrons. The van der Waals surface area contributed by atoms with E-state index in [1.165, 1.54) is 22.9 Å². The van der Waals surface area contributed by atoms with E-state index in [9.17, 15) is 19.1 Å². The maximum atomic E-state index is 14.0. The van der Waals surface area contributed by atoms with E-state index >= 15 is 0 Å². The van der Waals surface area contributed by atoms with Crippen molar-refractivity contribution in [3.05, 3.63) is 29.8 Å². The standard InChI is InChI=1S/C15H16FN5O3/c1-9-18-19-20-21(9)12-7-10(3-4-11(12)16)17-13(22)8-15(14(23)24)5-2-6-15/h3-4,7H,2,5-6,8H2,1H3,(H,17,22)(H,23,24). The Kier molecular flexibility index (Phi) is 4.00. The summed E-state index contributed by atoms with van der Waals surface area (Å²) in [5.41, 5.74) is -0.516. The third-order valence-electron chi connectivity index (χ3n) is 4.35. The van der Waals surface area contributed by atoms with Crippen LogP contribution in [-0.4, -0.2) is 37.2 Å². The van der Waals surface area contributed by atoms with Gasteiger partial charge in [-0.3, -0.25) is 9.59 Å². The van der Waals surface area contributed by atoms with Crippen molar-refractivity contribution in [2.45, 2.75) is 32.6 Å². The molecule has 1 fully saturated rings. The van der Waals surface area contributed by atoms with Crippen molar-refractivity contribution < 1.29 is 19.1 Å². The number of carbonyl (C=O) groups excluding carboxylic acids is 1. The van der Waals surface area contributed by atoms with Gasteiger partial charge in [0, 0.05) is 12.1 Å². The van der Waals surface area contributed by atoms with E-state index < -0.39 is 23.1 Å². The number of hydrogen-bond acceptors (Lipinski definition) is 5. The summed E-state index contributed by atoms with van der Waals surface area (Å²) in [6.07, 6.45) is 1.69. The first-order valence-corrected chi connectivity index (χ1v) is 7.49. The van der Waals surface area contributed by atoms with Crippen LogP contribution in [0.5, 0.6) is 0 Å². The van der Waals surface area contributed by atoms with Crippen molar-refractivity contribution in [2.24, 2.45) is 5.41 Å². The zero-order valence-corrected chi connectivity index (χ0v) is 13.0. The number of nitrogens with zero attached hydrogens (tertiary/aromatic N) is 4. The quantitative estimate of drug-likeness (QED) is 0.861. The second-order valence-corrected chi connectivity index (χ2v) is 5.97. The van der Waals surface area contributed by atoms with Gasteiger partial charge in [0.05, 0.1) is 5.41 Å². The molecule has 1 aromatic carbocycles. The first-order valence-electron chi connectivity index (χ1n) is 7.49. The highest BCUT2D eigenvalue weighted by atomic mass is 19.1. The maximum Gasteiger partial charge on any atom is 0.310 e. The molecule has 0 spiro atoms. The van der Waals surface area contributed by atoms with Crippen molar-refractivity contribution in [3.63, 3.8) is 0 Å². The Hall–Kier alpha value is -2.84. The van der Waals surface area contributed by atoms with E-state index in [4.69, 9.17) is 0 Å². The van der Waals surface area contributed by atoms with E-state index in [1.54, 1.807) is 6.92 Å². The molecule has 0 aliphatic heterocycles. The molecule has 0 unspecified atom stereocenters. The van der Waals surface area contributed by atoms with E-state index in [-0.39, 0.29) is 12.1 Å². The van der Waals surface area contributed by atoms with Crippen LogP contribution in [0.3, 0.4) is 0 Å². The third-order valence-corrected chi connectivity index (χ3v) is 4.35. The van der Waals surface area contributed by atoms with Crippen LogP contribution >= 0.6 is 0 Å². The fourth-order valence-electron chi connectivity index (χ4n) is 2.79. The fraction of sp³-hybridized carbons (Fsp3) is 0.400. The first kappa shape index (κ1) is 16.0. The number of halogens is 1. The molecule has 1 saturated carbocycles. The number of carboxylic acids is 1. The average Bonchev–Trinajstić information content (AvgIpc) is 2.90. The number of aliphatic carboxylic acids is 1. The van der Waals surface area contributed by atoms with Gasteiger partial charge in [-0.15, -0.1) is 5.10 Å². The number of nitrogens with one attached hydrogen (secondary N) is 1. The largest absolute Gasteiger partial charge is 0.481 e. The number of benzene rings is 1. The van der Waals surface area contributed by atoms with E-state index in [2.05, 4.69) is 20.8 Å².